The van der Waals surface area contributed by atoms with Crippen molar-refractivity contribution in [3.8, 4) is 0 Å². The maximum absolute atomic E-state index is 11.4. The molecule has 0 heterocycles. The topological polar surface area (TPSA) is 115 Å². The summed E-state index contributed by atoms with van der Waals surface area (Å²) in [5.41, 5.74) is 0. The lowest BCUT2D eigenvalue weighted by Gasteiger charge is -2.37. The Hall–Kier alpha value is -1.89. The van der Waals surface area contributed by atoms with Gasteiger partial charge in [-0.15, -0.1) is 0 Å². The Labute approximate surface area is 206 Å². The fourth-order valence-corrected chi connectivity index (χ4v) is 3.97. The van der Waals surface area contributed by atoms with Gasteiger partial charge in [0.15, 0.2) is 0 Å². The molecule has 34 heavy (non-hydrogen) atoms. The summed E-state index contributed by atoms with van der Waals surface area (Å²) in [7, 11) is 0. The molecule has 0 rings (SSSR count). The van der Waals surface area contributed by atoms with Crippen LogP contribution in [0.15, 0.2) is 12.3 Å². The summed E-state index contributed by atoms with van der Waals surface area (Å²) in [4.78, 5) is 34.0. The average molecular weight is 484 g/mol. The van der Waals surface area contributed by atoms with Gasteiger partial charge < -0.3 is 20.1 Å². The molecule has 0 radical (unpaired) electrons. The predicted octanol–water partition coefficient (Wildman–Crippen LogP) is 4.85. The Morgan fingerprint density at radius 2 is 1.15 bits per heavy atom. The average Bonchev–Trinajstić information content (AvgIpc) is 2.79. The smallest absolute Gasteiger partial charge is 0.306 e. The van der Waals surface area contributed by atoms with E-state index in [-0.39, 0.29) is 0 Å². The van der Waals surface area contributed by atoms with E-state index in [9.17, 15) is 29.7 Å². The molecule has 0 amide bonds. The van der Waals surface area contributed by atoms with Crippen molar-refractivity contribution in [2.24, 2.45) is 17.8 Å². The number of carbonyl (C=O) groups is 3. The van der Waals surface area contributed by atoms with Crippen LogP contribution in [0.4, 0.5) is 0 Å². The number of quaternary nitrogens is 1. The third-order valence-corrected chi connectivity index (χ3v) is 6.91. The normalized spacial score (nSPS) is 16.1. The number of unbranched alkanes of at least 4 members (excludes halogenated alkanes) is 8. The van der Waals surface area contributed by atoms with Gasteiger partial charge in [0.05, 0.1) is 37.7 Å². The first-order chi connectivity index (χ1) is 16.0. The van der Waals surface area contributed by atoms with E-state index in [1.54, 1.807) is 20.8 Å². The number of allylic oxidation sites excluding steroid dienone is 1. The number of carbonyl (C=O) groups excluding carboxylic acids is 1. The van der Waals surface area contributed by atoms with Gasteiger partial charge >= 0.3 is 11.9 Å². The minimum absolute atomic E-state index is 0.396. The van der Waals surface area contributed by atoms with Crippen molar-refractivity contribution in [1.29, 1.82) is 0 Å². The highest BCUT2D eigenvalue weighted by molar-refractivity contribution is 5.69. The Morgan fingerprint density at radius 3 is 1.56 bits per heavy atom. The third kappa shape index (κ3) is 15.1. The largest absolute Gasteiger partial charge is 0.550 e. The molecule has 7 nitrogen and oxygen atoms in total. The standard InChI is InChI=1S/C27H49NO6/c1-5-6-7-8-9-10-11-12-13-14-18-28(19-15-22(2)25(29)30,20-16-23(3)26(31)32)21-17-24(4)27(33)34/h14,18,22-24H,5-13,15-17,19-21H2,1-4H3,(H2-,29,30,31,32,33,34)/b18-14+. The fraction of sp³-hybridized carbons (Fsp3) is 0.815. The molecule has 0 spiro atoms. The Kier molecular flexibility index (Phi) is 17.4. The van der Waals surface area contributed by atoms with Crippen LogP contribution in [0.2, 0.25) is 0 Å². The van der Waals surface area contributed by atoms with Crippen LogP contribution in [0.5, 0.6) is 0 Å². The monoisotopic (exact) mass is 483 g/mol. The zero-order chi connectivity index (χ0) is 26.0. The molecule has 0 saturated heterocycles. The first-order valence-electron chi connectivity index (χ1n) is 13.2. The van der Waals surface area contributed by atoms with Gasteiger partial charge in [-0.3, -0.25) is 14.1 Å². The molecule has 0 aromatic heterocycles. The van der Waals surface area contributed by atoms with E-state index in [4.69, 9.17) is 0 Å². The van der Waals surface area contributed by atoms with Crippen LogP contribution in [0.25, 0.3) is 0 Å². The van der Waals surface area contributed by atoms with Gasteiger partial charge in [-0.1, -0.05) is 72.6 Å². The predicted molar refractivity (Wildman–Crippen MR) is 133 cm³/mol. The van der Waals surface area contributed by atoms with Crippen molar-refractivity contribution >= 4 is 17.9 Å². The van der Waals surface area contributed by atoms with E-state index in [1.807, 2.05) is 0 Å². The van der Waals surface area contributed by atoms with Crippen molar-refractivity contribution < 1.29 is 34.2 Å². The Bertz CT molecular complexity index is 558. The molecular weight excluding hydrogens is 434 g/mol. The summed E-state index contributed by atoms with van der Waals surface area (Å²) < 4.78 is 0.407. The van der Waals surface area contributed by atoms with E-state index < -0.39 is 35.7 Å². The zero-order valence-electron chi connectivity index (χ0n) is 22.0. The van der Waals surface area contributed by atoms with Crippen molar-refractivity contribution in [1.82, 2.24) is 0 Å². The molecule has 0 fully saturated rings. The third-order valence-electron chi connectivity index (χ3n) is 6.91. The molecule has 0 aromatic rings. The molecule has 2 N–H and O–H groups in total. The molecule has 0 aliphatic carbocycles. The summed E-state index contributed by atoms with van der Waals surface area (Å²) in [6.07, 6.45) is 16.3. The number of carboxylic acid groups (broad SMARTS) is 3. The van der Waals surface area contributed by atoms with Crippen molar-refractivity contribution in [2.45, 2.75) is 105 Å². The second kappa shape index (κ2) is 18.4. The van der Waals surface area contributed by atoms with Crippen LogP contribution in [-0.4, -0.2) is 52.2 Å². The maximum Gasteiger partial charge on any atom is 0.306 e. The number of nitrogens with zero attached hydrogens (tertiary/aromatic N) is 1. The minimum Gasteiger partial charge on any atom is -0.550 e. The number of rotatable bonds is 22. The highest BCUT2D eigenvalue weighted by Gasteiger charge is 2.29. The van der Waals surface area contributed by atoms with Gasteiger partial charge in [0.1, 0.15) is 0 Å². The maximum atomic E-state index is 11.4. The fourth-order valence-electron chi connectivity index (χ4n) is 3.97. The van der Waals surface area contributed by atoms with Crippen LogP contribution in [0.1, 0.15) is 105 Å². The second-order valence-corrected chi connectivity index (χ2v) is 10.1. The molecule has 0 bridgehead atoms. The van der Waals surface area contributed by atoms with E-state index in [2.05, 4.69) is 19.2 Å². The minimum atomic E-state index is -1.10. The number of hydrogen-bond acceptors (Lipinski definition) is 4. The lowest BCUT2D eigenvalue weighted by molar-refractivity contribution is -0.881. The quantitative estimate of drug-likeness (QED) is 0.168. The molecule has 0 aliphatic rings. The summed E-state index contributed by atoms with van der Waals surface area (Å²) in [5, 5.41) is 30.0. The van der Waals surface area contributed by atoms with Gasteiger partial charge in [0.25, 0.3) is 0 Å². The molecule has 0 aliphatic heterocycles. The van der Waals surface area contributed by atoms with Crippen LogP contribution >= 0.6 is 0 Å². The summed E-state index contributed by atoms with van der Waals surface area (Å²) in [6.45, 7) is 8.77. The summed E-state index contributed by atoms with van der Waals surface area (Å²) in [5.74, 6) is -4.47. The van der Waals surface area contributed by atoms with Gasteiger partial charge in [0, 0.05) is 31.1 Å². The van der Waals surface area contributed by atoms with E-state index in [0.29, 0.717) is 43.4 Å². The van der Waals surface area contributed by atoms with Crippen LogP contribution in [0, 0.1) is 17.8 Å². The van der Waals surface area contributed by atoms with Gasteiger partial charge in [-0.25, -0.2) is 0 Å². The van der Waals surface area contributed by atoms with Crippen LogP contribution in [-0.2, 0) is 14.4 Å². The Balaban J connectivity index is 5.21. The van der Waals surface area contributed by atoms with Crippen molar-refractivity contribution in [3.05, 3.63) is 12.3 Å². The molecule has 198 valence electrons. The molecule has 0 aromatic carbocycles. The van der Waals surface area contributed by atoms with Crippen molar-refractivity contribution in [2.75, 3.05) is 19.6 Å². The second-order valence-electron chi connectivity index (χ2n) is 10.1. The van der Waals surface area contributed by atoms with Crippen LogP contribution in [0.3, 0.4) is 0 Å². The van der Waals surface area contributed by atoms with Gasteiger partial charge in [-0.2, -0.15) is 0 Å². The van der Waals surface area contributed by atoms with Crippen molar-refractivity contribution in [3.63, 3.8) is 0 Å². The number of aliphatic carboxylic acids is 3. The Morgan fingerprint density at radius 1 is 0.735 bits per heavy atom. The highest BCUT2D eigenvalue weighted by atomic mass is 16.4. The number of carboxylic acids is 3. The van der Waals surface area contributed by atoms with Crippen LogP contribution < -0.4 is 5.11 Å². The first-order valence-corrected chi connectivity index (χ1v) is 13.2. The molecule has 7 heteroatoms. The molecule has 3 atom stereocenters. The van der Waals surface area contributed by atoms with Gasteiger partial charge in [0.2, 0.25) is 0 Å². The first kappa shape index (κ1) is 32.1. The molecule has 3 unspecified atom stereocenters. The van der Waals surface area contributed by atoms with Gasteiger partial charge in [-0.05, 0) is 18.9 Å². The zero-order valence-corrected chi connectivity index (χ0v) is 22.0. The molecular formula is C27H49NO6. The number of hydrogen-bond donors (Lipinski definition) is 2. The lowest BCUT2D eigenvalue weighted by atomic mass is 10.0. The highest BCUT2D eigenvalue weighted by Crippen LogP contribution is 2.21. The lowest BCUT2D eigenvalue weighted by Crippen LogP contribution is -2.48. The van der Waals surface area contributed by atoms with E-state index in [1.165, 1.54) is 44.9 Å². The summed E-state index contributed by atoms with van der Waals surface area (Å²) >= 11 is 0. The molecule has 0 saturated carbocycles. The van der Waals surface area contributed by atoms with E-state index >= 15 is 0 Å². The SMILES string of the molecule is CCCCCCCCCC/C=C/[N+](CCC(C)C(=O)[O-])(CCC(C)C(=O)O)CCC(C)C(=O)O. The summed E-state index contributed by atoms with van der Waals surface area (Å²) in [6, 6.07) is 0. The van der Waals surface area contributed by atoms with E-state index in [0.717, 1.165) is 12.8 Å².